The van der Waals surface area contributed by atoms with Crippen LogP contribution in [0.15, 0.2) is 119 Å². The summed E-state index contributed by atoms with van der Waals surface area (Å²) in [6.45, 7) is 1.07. The van der Waals surface area contributed by atoms with Crippen LogP contribution in [0.5, 0.6) is 5.75 Å². The van der Waals surface area contributed by atoms with E-state index in [1.54, 1.807) is 0 Å². The minimum Gasteiger partial charge on any atom is -0.494 e. The first-order valence-corrected chi connectivity index (χ1v) is 15.6. The van der Waals surface area contributed by atoms with Gasteiger partial charge >= 0.3 is 0 Å². The number of rotatable bonds is 14. The third-order valence-corrected chi connectivity index (χ3v) is 8.07. The predicted molar refractivity (Wildman–Crippen MR) is 173 cm³/mol. The zero-order chi connectivity index (χ0) is 29.9. The second-order valence-corrected chi connectivity index (χ2v) is 11.6. The molecule has 0 fully saturated rings. The topological polar surface area (TPSA) is 80.2 Å². The van der Waals surface area contributed by atoms with Crippen molar-refractivity contribution >= 4 is 27.7 Å². The van der Waals surface area contributed by atoms with Crippen LogP contribution in [0, 0.1) is 0 Å². The number of aliphatic imine (C=N–C) groups is 1. The van der Waals surface area contributed by atoms with Crippen LogP contribution in [0.3, 0.4) is 0 Å². The van der Waals surface area contributed by atoms with E-state index < -0.39 is 11.6 Å². The number of halogens is 1. The van der Waals surface area contributed by atoms with Gasteiger partial charge in [-0.1, -0.05) is 88.7 Å². The lowest BCUT2D eigenvalue weighted by molar-refractivity contribution is -0.128. The summed E-state index contributed by atoms with van der Waals surface area (Å²) in [6.07, 6.45) is 3.13. The number of nitrogens with one attached hydrogen (secondary N) is 1. The number of aliphatic hydroxyl groups is 1. The second-order valence-electron chi connectivity index (χ2n) is 10.7. The van der Waals surface area contributed by atoms with Gasteiger partial charge in [0.1, 0.15) is 5.75 Å². The predicted octanol–water partition coefficient (Wildman–Crippen LogP) is 6.85. The van der Waals surface area contributed by atoms with E-state index in [1.807, 2.05) is 84.9 Å². The number of ether oxygens (including phenoxy) is 2. The summed E-state index contributed by atoms with van der Waals surface area (Å²) in [7, 11) is 0. The average Bonchev–Trinajstić information content (AvgIpc) is 3.43. The lowest BCUT2D eigenvalue weighted by Crippen LogP contribution is -2.50. The number of aryl methyl sites for hydroxylation is 1. The maximum atomic E-state index is 14.3. The maximum absolute atomic E-state index is 14.3. The Morgan fingerprint density at radius 2 is 1.53 bits per heavy atom. The van der Waals surface area contributed by atoms with Gasteiger partial charge in [0, 0.05) is 36.0 Å². The zero-order valence-corrected chi connectivity index (χ0v) is 25.7. The van der Waals surface area contributed by atoms with Gasteiger partial charge in [0.25, 0.3) is 5.91 Å². The van der Waals surface area contributed by atoms with Gasteiger partial charge in [-0.05, 0) is 72.4 Å². The molecule has 0 saturated carbocycles. The van der Waals surface area contributed by atoms with Crippen LogP contribution in [0.25, 0.3) is 0 Å². The average molecular weight is 642 g/mol. The minimum atomic E-state index is -1.21. The molecule has 7 heteroatoms. The standard InChI is InChI=1S/C36H37BrN2O4/c37-31-19-15-29(16-20-31)33-36(26-28-13-5-2-6-14-28,35(41)38-23-8-7-12-27-10-3-1-4-11-27)39-34(43-33)30-17-21-32(22-18-30)42-25-9-24-40/h1-6,10-11,13-22,33,40H,7-9,12,23-26H2,(H,38,41)/t33-,36-/m1/s1. The van der Waals surface area contributed by atoms with Crippen molar-refractivity contribution in [1.29, 1.82) is 0 Å². The molecule has 43 heavy (non-hydrogen) atoms. The molecule has 0 unspecified atom stereocenters. The van der Waals surface area contributed by atoms with Crippen molar-refractivity contribution in [3.63, 3.8) is 0 Å². The van der Waals surface area contributed by atoms with Gasteiger partial charge < -0.3 is 19.9 Å². The Balaban J connectivity index is 1.42. The molecular weight excluding hydrogens is 604 g/mol. The number of amides is 1. The summed E-state index contributed by atoms with van der Waals surface area (Å²) < 4.78 is 13.3. The maximum Gasteiger partial charge on any atom is 0.252 e. The van der Waals surface area contributed by atoms with Crippen LogP contribution in [-0.2, 0) is 22.4 Å². The first kappa shape index (κ1) is 30.5. The second kappa shape index (κ2) is 15.0. The van der Waals surface area contributed by atoms with E-state index >= 15 is 0 Å². The fraction of sp³-hybridized carbons (Fsp3) is 0.278. The van der Waals surface area contributed by atoms with E-state index in [2.05, 4.69) is 45.5 Å². The summed E-state index contributed by atoms with van der Waals surface area (Å²) in [6, 6.07) is 35.8. The monoisotopic (exact) mass is 640 g/mol. The van der Waals surface area contributed by atoms with Crippen molar-refractivity contribution in [1.82, 2.24) is 5.32 Å². The number of carbonyl (C=O) groups is 1. The fourth-order valence-corrected chi connectivity index (χ4v) is 5.55. The molecule has 1 heterocycles. The highest BCUT2D eigenvalue weighted by molar-refractivity contribution is 9.10. The van der Waals surface area contributed by atoms with Gasteiger partial charge in [-0.3, -0.25) is 4.79 Å². The Morgan fingerprint density at radius 3 is 2.21 bits per heavy atom. The molecule has 0 aromatic heterocycles. The SMILES string of the molecule is O=C(NCCCCc1ccccc1)[C@]1(Cc2ccccc2)N=C(c2ccc(OCCCO)cc2)O[C@@H]1c1ccc(Br)cc1. The van der Waals surface area contributed by atoms with Crippen LogP contribution in [0.4, 0.5) is 0 Å². The number of benzene rings is 4. The van der Waals surface area contributed by atoms with Gasteiger partial charge in [-0.15, -0.1) is 0 Å². The third-order valence-electron chi connectivity index (χ3n) is 7.54. The Hall–Kier alpha value is -3.94. The lowest BCUT2D eigenvalue weighted by Gasteiger charge is -2.31. The molecule has 5 rings (SSSR count). The molecule has 2 atom stereocenters. The van der Waals surface area contributed by atoms with Crippen molar-refractivity contribution in [2.45, 2.75) is 43.7 Å². The molecule has 0 aliphatic carbocycles. The molecule has 6 nitrogen and oxygen atoms in total. The molecule has 1 aliphatic heterocycles. The van der Waals surface area contributed by atoms with Crippen LogP contribution in [0.2, 0.25) is 0 Å². The molecule has 0 spiro atoms. The first-order valence-electron chi connectivity index (χ1n) is 14.8. The largest absolute Gasteiger partial charge is 0.494 e. The van der Waals surface area contributed by atoms with Crippen LogP contribution in [0.1, 0.15) is 47.6 Å². The molecule has 0 saturated heterocycles. The molecule has 2 N–H and O–H groups in total. The molecule has 4 aromatic carbocycles. The number of hydrogen-bond acceptors (Lipinski definition) is 5. The summed E-state index contributed by atoms with van der Waals surface area (Å²) in [5, 5.41) is 12.3. The normalized spacial score (nSPS) is 17.6. The highest BCUT2D eigenvalue weighted by Crippen LogP contribution is 2.42. The summed E-state index contributed by atoms with van der Waals surface area (Å²) >= 11 is 3.53. The highest BCUT2D eigenvalue weighted by atomic mass is 79.9. The van der Waals surface area contributed by atoms with Crippen molar-refractivity contribution < 1.29 is 19.4 Å². The number of aliphatic hydroxyl groups excluding tert-OH is 1. The number of hydrogen-bond donors (Lipinski definition) is 2. The number of unbranched alkanes of at least 4 members (excludes halogenated alkanes) is 1. The van der Waals surface area contributed by atoms with Gasteiger partial charge in [-0.25, -0.2) is 4.99 Å². The van der Waals surface area contributed by atoms with E-state index in [4.69, 9.17) is 19.6 Å². The van der Waals surface area contributed by atoms with E-state index in [1.165, 1.54) is 5.56 Å². The van der Waals surface area contributed by atoms with Gasteiger partial charge in [0.2, 0.25) is 5.90 Å². The Kier molecular flexibility index (Phi) is 10.6. The van der Waals surface area contributed by atoms with Crippen LogP contribution >= 0.6 is 15.9 Å². The van der Waals surface area contributed by atoms with Crippen molar-refractivity contribution in [2.75, 3.05) is 19.8 Å². The molecule has 1 aliphatic rings. The summed E-state index contributed by atoms with van der Waals surface area (Å²) in [4.78, 5) is 19.4. The number of nitrogens with zero attached hydrogens (tertiary/aromatic N) is 1. The van der Waals surface area contributed by atoms with Gasteiger partial charge in [0.05, 0.1) is 6.61 Å². The molecule has 4 aromatic rings. The van der Waals surface area contributed by atoms with E-state index in [-0.39, 0.29) is 12.5 Å². The highest BCUT2D eigenvalue weighted by Gasteiger charge is 2.53. The molecule has 222 valence electrons. The first-order chi connectivity index (χ1) is 21.1. The molecular formula is C36H37BrN2O4. The Bertz CT molecular complexity index is 1480. The summed E-state index contributed by atoms with van der Waals surface area (Å²) in [5.74, 6) is 0.969. The number of carbonyl (C=O) groups excluding carboxylic acids is 1. The van der Waals surface area contributed by atoms with Crippen LogP contribution < -0.4 is 10.1 Å². The van der Waals surface area contributed by atoms with E-state index in [0.717, 1.165) is 40.4 Å². The molecule has 0 radical (unpaired) electrons. The molecule has 0 bridgehead atoms. The van der Waals surface area contributed by atoms with Crippen LogP contribution in [-0.4, -0.2) is 42.2 Å². The van der Waals surface area contributed by atoms with E-state index in [9.17, 15) is 4.79 Å². The Labute approximate surface area is 261 Å². The molecule has 1 amide bonds. The minimum absolute atomic E-state index is 0.0821. The fourth-order valence-electron chi connectivity index (χ4n) is 5.28. The van der Waals surface area contributed by atoms with Crippen molar-refractivity contribution in [3.8, 4) is 5.75 Å². The van der Waals surface area contributed by atoms with E-state index in [0.29, 0.717) is 37.6 Å². The smallest absolute Gasteiger partial charge is 0.252 e. The van der Waals surface area contributed by atoms with Gasteiger partial charge in [0.15, 0.2) is 11.6 Å². The van der Waals surface area contributed by atoms with Gasteiger partial charge in [-0.2, -0.15) is 0 Å². The summed E-state index contributed by atoms with van der Waals surface area (Å²) in [5.41, 5.74) is 2.74. The van der Waals surface area contributed by atoms with Crippen molar-refractivity contribution in [2.24, 2.45) is 4.99 Å². The zero-order valence-electron chi connectivity index (χ0n) is 24.1. The Morgan fingerprint density at radius 1 is 0.860 bits per heavy atom. The quantitative estimate of drug-likeness (QED) is 0.148. The third kappa shape index (κ3) is 7.92. The lowest BCUT2D eigenvalue weighted by atomic mass is 9.82. The van der Waals surface area contributed by atoms with Crippen molar-refractivity contribution in [3.05, 3.63) is 136 Å².